The van der Waals surface area contributed by atoms with Gasteiger partial charge in [-0.2, -0.15) is 0 Å². The number of rotatable bonds is 4. The largest absolute Gasteiger partial charge is 0.508 e. The number of carbonyl (C=O) groups is 3. The highest BCUT2D eigenvalue weighted by Gasteiger charge is 2.64. The highest BCUT2D eigenvalue weighted by molar-refractivity contribution is 6.24. The number of primary amides is 1. The predicted molar refractivity (Wildman–Crippen MR) is 123 cm³/mol. The maximum Gasteiger partial charge on any atom is 0.255 e. The number of hydrogen-bond acceptors (Lipinski definition) is 8. The van der Waals surface area contributed by atoms with Crippen LogP contribution in [0.1, 0.15) is 37.0 Å². The molecule has 4 rings (SSSR count). The minimum Gasteiger partial charge on any atom is -0.508 e. The number of aliphatic hydroxyl groups excluding tert-OH is 2. The molecule has 0 bridgehead atoms. The fourth-order valence-corrected chi connectivity index (χ4v) is 5.94. The van der Waals surface area contributed by atoms with Crippen molar-refractivity contribution < 1.29 is 34.8 Å². The lowest BCUT2D eigenvalue weighted by Crippen LogP contribution is -2.65. The van der Waals surface area contributed by atoms with Crippen molar-refractivity contribution in [1.29, 1.82) is 0 Å². The van der Waals surface area contributed by atoms with E-state index in [0.717, 1.165) is 11.1 Å². The van der Waals surface area contributed by atoms with E-state index in [1.165, 1.54) is 11.0 Å². The quantitative estimate of drug-likeness (QED) is 0.410. The first-order valence-corrected chi connectivity index (χ1v) is 11.3. The summed E-state index contributed by atoms with van der Waals surface area (Å²) in [6.45, 7) is 4.10. The first kappa shape index (κ1) is 24.0. The van der Waals surface area contributed by atoms with Gasteiger partial charge >= 0.3 is 0 Å². The van der Waals surface area contributed by atoms with E-state index in [2.05, 4.69) is 0 Å². The molecule has 182 valence electrons. The fraction of sp³-hybridized carbons (Fsp3) is 0.480. The van der Waals surface area contributed by atoms with Crippen LogP contribution < -0.4 is 5.73 Å². The average Bonchev–Trinajstić information content (AvgIpc) is 2.72. The topological polar surface area (TPSA) is 161 Å². The number of ketones is 2. The van der Waals surface area contributed by atoms with Gasteiger partial charge in [-0.05, 0) is 62.4 Å². The van der Waals surface area contributed by atoms with E-state index in [-0.39, 0.29) is 23.3 Å². The van der Waals surface area contributed by atoms with E-state index in [4.69, 9.17) is 5.73 Å². The molecule has 34 heavy (non-hydrogen) atoms. The van der Waals surface area contributed by atoms with Crippen LogP contribution in [0.15, 0.2) is 29.0 Å². The monoisotopic (exact) mass is 470 g/mol. The number of likely N-dealkylation sites (N-methyl/N-ethyl adjacent to an activating group) is 1. The van der Waals surface area contributed by atoms with Gasteiger partial charge in [-0.1, -0.05) is 19.9 Å². The minimum absolute atomic E-state index is 0.0858. The van der Waals surface area contributed by atoms with Crippen LogP contribution in [0.2, 0.25) is 0 Å². The van der Waals surface area contributed by atoms with Crippen molar-refractivity contribution in [3.05, 3.63) is 45.7 Å². The van der Waals surface area contributed by atoms with Crippen molar-refractivity contribution in [3.8, 4) is 5.75 Å². The number of amides is 1. The molecular weight excluding hydrogens is 440 g/mol. The van der Waals surface area contributed by atoms with E-state index in [1.807, 2.05) is 13.8 Å². The van der Waals surface area contributed by atoms with Crippen molar-refractivity contribution in [2.45, 2.75) is 44.8 Å². The average molecular weight is 471 g/mol. The van der Waals surface area contributed by atoms with Crippen LogP contribution in [0.4, 0.5) is 0 Å². The Morgan fingerprint density at radius 3 is 2.41 bits per heavy atom. The lowest BCUT2D eigenvalue weighted by molar-refractivity contribution is -0.153. The zero-order chi connectivity index (χ0) is 25.3. The van der Waals surface area contributed by atoms with Gasteiger partial charge in [0.1, 0.15) is 22.8 Å². The Morgan fingerprint density at radius 1 is 1.21 bits per heavy atom. The Morgan fingerprint density at radius 2 is 1.85 bits per heavy atom. The summed E-state index contributed by atoms with van der Waals surface area (Å²) >= 11 is 0. The third kappa shape index (κ3) is 3.18. The minimum atomic E-state index is -2.62. The number of phenolic OH excluding ortho intramolecular Hbond substituents is 1. The lowest BCUT2D eigenvalue weighted by Gasteiger charge is -2.50. The van der Waals surface area contributed by atoms with Crippen LogP contribution in [0.3, 0.4) is 0 Å². The SMILES string of the molecule is CC(C)Cc1ccc(O)c2c1C[C@H]1C[C@H]3[C@H](N(C)C)C(=O)C(C(N)=O)=C(O)[C@@]3(O)C(=O)C1=C2O. The summed E-state index contributed by atoms with van der Waals surface area (Å²) in [5, 5.41) is 44.1. The summed E-state index contributed by atoms with van der Waals surface area (Å²) in [6, 6.07) is 2.17. The molecular formula is C25H30N2O7. The van der Waals surface area contributed by atoms with Crippen molar-refractivity contribution in [3.63, 3.8) is 0 Å². The van der Waals surface area contributed by atoms with Crippen LogP contribution >= 0.6 is 0 Å². The standard InChI is InChI=1S/C25H30N2O7/c1-10(2)7-11-5-6-15(28)17-13(11)8-12-9-14-19(27(3)4)21(30)18(24(26)33)23(32)25(14,34)22(31)16(12)20(17)29/h5-6,10,12,14,19,28-29,32,34H,7-9H2,1-4H3,(H2,26,33)/t12-,14-,19-,25-/m0/s1. The number of phenols is 1. The summed E-state index contributed by atoms with van der Waals surface area (Å²) in [5.74, 6) is -6.07. The molecule has 9 nitrogen and oxygen atoms in total. The molecule has 0 radical (unpaired) electrons. The maximum atomic E-state index is 13.7. The van der Waals surface area contributed by atoms with E-state index >= 15 is 0 Å². The van der Waals surface area contributed by atoms with Crippen LogP contribution in [-0.4, -0.2) is 68.5 Å². The number of benzene rings is 1. The summed E-state index contributed by atoms with van der Waals surface area (Å²) in [7, 11) is 3.15. The number of nitrogens with two attached hydrogens (primary N) is 1. The highest BCUT2D eigenvalue weighted by atomic mass is 16.3. The summed E-state index contributed by atoms with van der Waals surface area (Å²) in [4.78, 5) is 40.3. The highest BCUT2D eigenvalue weighted by Crippen LogP contribution is 2.53. The van der Waals surface area contributed by atoms with Crippen LogP contribution in [0.25, 0.3) is 5.76 Å². The van der Waals surface area contributed by atoms with Gasteiger partial charge in [0.25, 0.3) is 5.91 Å². The number of carbonyl (C=O) groups excluding carboxylic acids is 3. The van der Waals surface area contributed by atoms with E-state index < -0.39 is 58.0 Å². The second-order valence-corrected chi connectivity index (χ2v) is 10.2. The first-order chi connectivity index (χ1) is 15.8. The normalized spacial score (nSPS) is 28.9. The molecule has 0 aromatic heterocycles. The summed E-state index contributed by atoms with van der Waals surface area (Å²) in [6.07, 6.45) is 1.09. The number of nitrogens with zero attached hydrogens (tertiary/aromatic N) is 1. The maximum absolute atomic E-state index is 13.7. The van der Waals surface area contributed by atoms with Crippen molar-refractivity contribution in [1.82, 2.24) is 4.90 Å². The van der Waals surface area contributed by atoms with Gasteiger partial charge in [0.05, 0.1) is 11.6 Å². The Labute approximate surface area is 197 Å². The molecule has 6 N–H and O–H groups in total. The number of fused-ring (bicyclic) bond motifs is 3. The van der Waals surface area contributed by atoms with Gasteiger partial charge in [-0.3, -0.25) is 19.3 Å². The van der Waals surface area contributed by atoms with Crippen LogP contribution in [0, 0.1) is 17.8 Å². The number of Topliss-reactive ketones (excluding diaryl/α,β-unsaturated/α-hetero) is 2. The molecule has 0 aliphatic heterocycles. The molecule has 1 aromatic rings. The zero-order valence-electron chi connectivity index (χ0n) is 19.6. The number of aliphatic hydroxyl groups is 3. The van der Waals surface area contributed by atoms with Crippen molar-refractivity contribution >= 4 is 23.2 Å². The third-order valence-electron chi connectivity index (χ3n) is 7.33. The van der Waals surface area contributed by atoms with Gasteiger partial charge in [0, 0.05) is 11.5 Å². The third-order valence-corrected chi connectivity index (χ3v) is 7.33. The van der Waals surface area contributed by atoms with Gasteiger partial charge in [-0.25, -0.2) is 0 Å². The first-order valence-electron chi connectivity index (χ1n) is 11.3. The Hall–Kier alpha value is -3.17. The van der Waals surface area contributed by atoms with Gasteiger partial charge in [-0.15, -0.1) is 0 Å². The molecule has 0 saturated heterocycles. The van der Waals surface area contributed by atoms with Crippen LogP contribution in [-0.2, 0) is 27.2 Å². The molecule has 4 atom stereocenters. The second kappa shape index (κ2) is 7.95. The summed E-state index contributed by atoms with van der Waals surface area (Å²) in [5.41, 5.74) is 3.55. The number of aromatic hydroxyl groups is 1. The molecule has 9 heteroatoms. The van der Waals surface area contributed by atoms with Crippen LogP contribution in [0.5, 0.6) is 5.75 Å². The summed E-state index contributed by atoms with van der Waals surface area (Å²) < 4.78 is 0. The molecule has 0 spiro atoms. The number of hydrogen-bond donors (Lipinski definition) is 5. The predicted octanol–water partition coefficient (Wildman–Crippen LogP) is 1.16. The molecule has 3 aliphatic carbocycles. The van der Waals surface area contributed by atoms with Crippen molar-refractivity contribution in [2.24, 2.45) is 23.5 Å². The zero-order valence-corrected chi connectivity index (χ0v) is 19.6. The molecule has 1 saturated carbocycles. The smallest absolute Gasteiger partial charge is 0.255 e. The van der Waals surface area contributed by atoms with E-state index in [9.17, 15) is 34.8 Å². The van der Waals surface area contributed by atoms with E-state index in [1.54, 1.807) is 20.2 Å². The lowest BCUT2D eigenvalue weighted by atomic mass is 9.57. The molecule has 1 fully saturated rings. The molecule has 0 heterocycles. The van der Waals surface area contributed by atoms with Crippen molar-refractivity contribution in [2.75, 3.05) is 14.1 Å². The molecule has 0 unspecified atom stereocenters. The van der Waals surface area contributed by atoms with Gasteiger partial charge in [0.2, 0.25) is 5.78 Å². The molecule has 3 aliphatic rings. The molecule has 1 aromatic carbocycles. The van der Waals surface area contributed by atoms with E-state index in [0.29, 0.717) is 18.8 Å². The van der Waals surface area contributed by atoms with Gasteiger partial charge in [0.15, 0.2) is 11.4 Å². The Balaban J connectivity index is 1.96. The Kier molecular flexibility index (Phi) is 5.61. The molecule has 1 amide bonds. The fourth-order valence-electron chi connectivity index (χ4n) is 5.94. The second-order valence-electron chi connectivity index (χ2n) is 10.2. The van der Waals surface area contributed by atoms with Gasteiger partial charge < -0.3 is 26.2 Å². The Bertz CT molecular complexity index is 1180.